The largest absolute Gasteiger partial charge is 0.504 e. The van der Waals surface area contributed by atoms with E-state index < -0.39 is 5.54 Å². The van der Waals surface area contributed by atoms with E-state index in [-0.39, 0.29) is 12.4 Å². The number of aliphatic hydroxyl groups is 1. The summed E-state index contributed by atoms with van der Waals surface area (Å²) >= 11 is 0. The Morgan fingerprint density at radius 2 is 1.93 bits per heavy atom. The number of aryl methyl sites for hydroxylation is 1. The van der Waals surface area contributed by atoms with E-state index in [1.54, 1.807) is 6.07 Å². The molecule has 4 N–H and O–H groups in total. The Kier molecular flexibility index (Phi) is 9.78. The molecule has 166 valence electrons. The molecular formula is C25H43NO3. The van der Waals surface area contributed by atoms with E-state index in [1.165, 1.54) is 38.5 Å². The molecule has 1 aromatic carbocycles. The van der Waals surface area contributed by atoms with Gasteiger partial charge in [-0.15, -0.1) is 0 Å². The standard InChI is InChI=1S/C25H43NO3/c1-19(2)6-4-7-20(3)13-15-29-24-11-10-21(16-23(24)28)12-14-25(26,18-27)17-22-8-5-9-22/h10-11,16,19-20,22,27-28H,4-9,12-15,17-18,26H2,1-3H3/t20?,25-/m0/s1. The van der Waals surface area contributed by atoms with Crippen LogP contribution in [-0.4, -0.2) is 29.0 Å². The van der Waals surface area contributed by atoms with Crippen LogP contribution in [0, 0.1) is 17.8 Å². The van der Waals surface area contributed by atoms with E-state index in [1.807, 2.05) is 12.1 Å². The van der Waals surface area contributed by atoms with Gasteiger partial charge in [0.1, 0.15) is 0 Å². The molecule has 0 radical (unpaired) electrons. The van der Waals surface area contributed by atoms with Crippen molar-refractivity contribution in [1.82, 2.24) is 0 Å². The van der Waals surface area contributed by atoms with Crippen molar-refractivity contribution in [3.8, 4) is 11.5 Å². The van der Waals surface area contributed by atoms with Crippen molar-refractivity contribution in [2.24, 2.45) is 23.5 Å². The maximum atomic E-state index is 10.3. The van der Waals surface area contributed by atoms with Crippen molar-refractivity contribution in [3.05, 3.63) is 23.8 Å². The zero-order chi connectivity index (χ0) is 21.3. The minimum atomic E-state index is -0.512. The van der Waals surface area contributed by atoms with E-state index >= 15 is 0 Å². The lowest BCUT2D eigenvalue weighted by atomic mass is 9.75. The molecule has 4 heteroatoms. The van der Waals surface area contributed by atoms with Crippen LogP contribution in [0.25, 0.3) is 0 Å². The Morgan fingerprint density at radius 3 is 2.52 bits per heavy atom. The molecule has 2 rings (SSSR count). The molecule has 1 unspecified atom stereocenters. The van der Waals surface area contributed by atoms with Gasteiger partial charge in [0.05, 0.1) is 13.2 Å². The Balaban J connectivity index is 1.74. The molecule has 1 saturated carbocycles. The first-order valence-electron chi connectivity index (χ1n) is 11.7. The van der Waals surface area contributed by atoms with E-state index in [0.29, 0.717) is 24.2 Å². The highest BCUT2D eigenvalue weighted by Crippen LogP contribution is 2.35. The van der Waals surface area contributed by atoms with E-state index in [4.69, 9.17) is 10.5 Å². The number of phenols is 1. The minimum absolute atomic E-state index is 0.0199. The molecule has 4 nitrogen and oxygen atoms in total. The highest BCUT2D eigenvalue weighted by atomic mass is 16.5. The number of rotatable bonds is 14. The average Bonchev–Trinajstić information content (AvgIpc) is 2.64. The van der Waals surface area contributed by atoms with Gasteiger partial charge in [0.2, 0.25) is 0 Å². The fraction of sp³-hybridized carbons (Fsp3) is 0.760. The van der Waals surface area contributed by atoms with Crippen LogP contribution >= 0.6 is 0 Å². The predicted octanol–water partition coefficient (Wildman–Crippen LogP) is 5.44. The summed E-state index contributed by atoms with van der Waals surface area (Å²) in [5.41, 5.74) is 6.95. The van der Waals surface area contributed by atoms with Crippen LogP contribution < -0.4 is 10.5 Å². The summed E-state index contributed by atoms with van der Waals surface area (Å²) in [6.45, 7) is 7.47. The first-order chi connectivity index (χ1) is 13.8. The van der Waals surface area contributed by atoms with Gasteiger partial charge in [-0.05, 0) is 61.1 Å². The van der Waals surface area contributed by atoms with Gasteiger partial charge in [0.15, 0.2) is 11.5 Å². The lowest BCUT2D eigenvalue weighted by Crippen LogP contribution is -2.46. The summed E-state index contributed by atoms with van der Waals surface area (Å²) in [6, 6.07) is 5.64. The molecule has 1 aliphatic rings. The lowest BCUT2D eigenvalue weighted by molar-refractivity contribution is 0.135. The highest BCUT2D eigenvalue weighted by molar-refractivity contribution is 5.41. The molecule has 29 heavy (non-hydrogen) atoms. The molecule has 0 heterocycles. The fourth-order valence-corrected chi connectivity index (χ4v) is 4.14. The zero-order valence-corrected chi connectivity index (χ0v) is 18.8. The van der Waals surface area contributed by atoms with Gasteiger partial charge >= 0.3 is 0 Å². The molecule has 1 aromatic rings. The first-order valence-corrected chi connectivity index (χ1v) is 11.7. The quantitative estimate of drug-likeness (QED) is 0.385. The van der Waals surface area contributed by atoms with Gasteiger partial charge < -0.3 is 20.7 Å². The van der Waals surface area contributed by atoms with Gasteiger partial charge in [0, 0.05) is 5.54 Å². The Bertz CT molecular complexity index is 600. The Labute approximate surface area is 177 Å². The summed E-state index contributed by atoms with van der Waals surface area (Å²) < 4.78 is 5.82. The van der Waals surface area contributed by atoms with Crippen LogP contribution in [0.15, 0.2) is 18.2 Å². The Hall–Kier alpha value is -1.26. The summed E-state index contributed by atoms with van der Waals surface area (Å²) in [4.78, 5) is 0. The molecule has 0 aliphatic heterocycles. The number of hydrogen-bond acceptors (Lipinski definition) is 4. The maximum absolute atomic E-state index is 10.3. The fourth-order valence-electron chi connectivity index (χ4n) is 4.14. The molecule has 0 amide bonds. The van der Waals surface area contributed by atoms with Crippen molar-refractivity contribution in [1.29, 1.82) is 0 Å². The number of nitrogens with two attached hydrogens (primary N) is 1. The number of aromatic hydroxyl groups is 1. The van der Waals surface area contributed by atoms with Crippen molar-refractivity contribution in [2.75, 3.05) is 13.2 Å². The Morgan fingerprint density at radius 1 is 1.17 bits per heavy atom. The topological polar surface area (TPSA) is 75.7 Å². The number of benzene rings is 1. The van der Waals surface area contributed by atoms with E-state index in [0.717, 1.165) is 37.2 Å². The van der Waals surface area contributed by atoms with Crippen molar-refractivity contribution < 1.29 is 14.9 Å². The molecular weight excluding hydrogens is 362 g/mol. The smallest absolute Gasteiger partial charge is 0.160 e. The third-order valence-electron chi connectivity index (χ3n) is 6.52. The van der Waals surface area contributed by atoms with Gasteiger partial charge in [-0.25, -0.2) is 0 Å². The van der Waals surface area contributed by atoms with Crippen LogP contribution in [-0.2, 0) is 6.42 Å². The summed E-state index contributed by atoms with van der Waals surface area (Å²) in [5, 5.41) is 20.1. The van der Waals surface area contributed by atoms with Crippen LogP contribution in [0.3, 0.4) is 0 Å². The molecule has 0 spiro atoms. The van der Waals surface area contributed by atoms with Gasteiger partial charge in [0.25, 0.3) is 0 Å². The number of aliphatic hydroxyl groups excluding tert-OH is 1. The van der Waals surface area contributed by atoms with Gasteiger partial charge in [-0.2, -0.15) is 0 Å². The second-order valence-corrected chi connectivity index (χ2v) is 9.89. The summed E-state index contributed by atoms with van der Waals surface area (Å²) in [7, 11) is 0. The molecule has 0 aromatic heterocycles. The molecule has 0 saturated heterocycles. The summed E-state index contributed by atoms with van der Waals surface area (Å²) in [6.07, 6.45) is 10.9. The number of phenolic OH excluding ortho intramolecular Hbond substituents is 1. The van der Waals surface area contributed by atoms with Gasteiger partial charge in [-0.3, -0.25) is 0 Å². The monoisotopic (exact) mass is 405 g/mol. The molecule has 2 atom stereocenters. The highest BCUT2D eigenvalue weighted by Gasteiger charge is 2.30. The maximum Gasteiger partial charge on any atom is 0.160 e. The third-order valence-corrected chi connectivity index (χ3v) is 6.52. The first kappa shape index (κ1) is 24.0. The summed E-state index contributed by atoms with van der Waals surface area (Å²) in [5.74, 6) is 2.83. The minimum Gasteiger partial charge on any atom is -0.504 e. The van der Waals surface area contributed by atoms with E-state index in [2.05, 4.69) is 20.8 Å². The van der Waals surface area contributed by atoms with Crippen LogP contribution in [0.4, 0.5) is 0 Å². The average molecular weight is 406 g/mol. The van der Waals surface area contributed by atoms with Crippen molar-refractivity contribution in [2.45, 2.75) is 90.5 Å². The van der Waals surface area contributed by atoms with Crippen LogP contribution in [0.1, 0.15) is 84.1 Å². The number of ether oxygens (including phenoxy) is 1. The normalized spacial score (nSPS) is 17.7. The third kappa shape index (κ3) is 8.55. The lowest BCUT2D eigenvalue weighted by Gasteiger charge is -2.35. The van der Waals surface area contributed by atoms with Gasteiger partial charge in [-0.1, -0.05) is 65.4 Å². The molecule has 0 bridgehead atoms. The molecule has 1 aliphatic carbocycles. The van der Waals surface area contributed by atoms with Crippen LogP contribution in [0.2, 0.25) is 0 Å². The SMILES string of the molecule is CC(C)CCCC(C)CCOc1ccc(CC[C@@](N)(CO)CC2CCC2)cc1O. The number of hydrogen-bond donors (Lipinski definition) is 3. The van der Waals surface area contributed by atoms with Crippen LogP contribution in [0.5, 0.6) is 11.5 Å². The predicted molar refractivity (Wildman–Crippen MR) is 120 cm³/mol. The van der Waals surface area contributed by atoms with Crippen molar-refractivity contribution in [3.63, 3.8) is 0 Å². The van der Waals surface area contributed by atoms with Crippen molar-refractivity contribution >= 4 is 0 Å². The van der Waals surface area contributed by atoms with E-state index in [9.17, 15) is 10.2 Å². The second-order valence-electron chi connectivity index (χ2n) is 9.89. The zero-order valence-electron chi connectivity index (χ0n) is 18.8. The molecule has 1 fully saturated rings. The second kappa shape index (κ2) is 11.8.